The van der Waals surface area contributed by atoms with E-state index in [0.29, 0.717) is 6.42 Å². The fourth-order valence-corrected chi connectivity index (χ4v) is 0.549. The summed E-state index contributed by atoms with van der Waals surface area (Å²) in [7, 11) is 3.21. The van der Waals surface area contributed by atoms with E-state index in [1.807, 2.05) is 6.92 Å². The minimum absolute atomic E-state index is 0.0648. The summed E-state index contributed by atoms with van der Waals surface area (Å²) in [5, 5.41) is 0. The molecule has 0 unspecified atom stereocenters. The molecule has 0 N–H and O–H groups in total. The fourth-order valence-electron chi connectivity index (χ4n) is 0.549. The highest BCUT2D eigenvalue weighted by Crippen LogP contribution is 1.94. The molecule has 0 fully saturated rings. The second kappa shape index (κ2) is 12.3. The van der Waals surface area contributed by atoms with Gasteiger partial charge in [0.1, 0.15) is 0 Å². The molecule has 0 aliphatic rings. The van der Waals surface area contributed by atoms with E-state index in [0.717, 1.165) is 12.8 Å². The highest BCUT2D eigenvalue weighted by Gasteiger charge is 1.90. The molecule has 0 atom stereocenters. The van der Waals surface area contributed by atoms with Crippen LogP contribution in [0.5, 0.6) is 0 Å². The van der Waals surface area contributed by atoms with Crippen molar-refractivity contribution >= 4 is 5.78 Å². The van der Waals surface area contributed by atoms with E-state index in [-0.39, 0.29) is 12.1 Å². The lowest BCUT2D eigenvalue weighted by Gasteiger charge is -2.03. The lowest BCUT2D eigenvalue weighted by atomic mass is 10.2. The largest absolute Gasteiger partial charge is 0.356 e. The minimum atomic E-state index is -0.0648. The van der Waals surface area contributed by atoms with E-state index in [1.165, 1.54) is 6.08 Å². The number of ether oxygens (including phenoxy) is 2. The number of hydrogen-bond acceptors (Lipinski definition) is 3. The SMILES string of the molecule is C=CC(=O)CCCC.COC(C)OC. The monoisotopic (exact) mass is 202 g/mol. The molecule has 0 aliphatic heterocycles. The quantitative estimate of drug-likeness (QED) is 0.490. The minimum Gasteiger partial charge on any atom is -0.356 e. The molecule has 0 aliphatic carbocycles. The van der Waals surface area contributed by atoms with Crippen LogP contribution in [0, 0.1) is 0 Å². The van der Waals surface area contributed by atoms with Gasteiger partial charge in [0, 0.05) is 20.6 Å². The van der Waals surface area contributed by atoms with Gasteiger partial charge >= 0.3 is 0 Å². The van der Waals surface area contributed by atoms with Crippen molar-refractivity contribution in [2.24, 2.45) is 0 Å². The molecular formula is C11H22O3. The maximum absolute atomic E-state index is 10.5. The van der Waals surface area contributed by atoms with Gasteiger partial charge in [0.25, 0.3) is 0 Å². The van der Waals surface area contributed by atoms with Gasteiger partial charge in [-0.3, -0.25) is 4.79 Å². The molecule has 0 rings (SSSR count). The number of allylic oxidation sites excluding steroid dienone is 1. The zero-order valence-electron chi connectivity index (χ0n) is 9.71. The molecular weight excluding hydrogens is 180 g/mol. The molecule has 3 heteroatoms. The Kier molecular flexibility index (Phi) is 13.9. The van der Waals surface area contributed by atoms with Crippen molar-refractivity contribution in [1.82, 2.24) is 0 Å². The van der Waals surface area contributed by atoms with E-state index < -0.39 is 0 Å². The van der Waals surface area contributed by atoms with E-state index >= 15 is 0 Å². The maximum atomic E-state index is 10.5. The van der Waals surface area contributed by atoms with E-state index in [1.54, 1.807) is 14.2 Å². The van der Waals surface area contributed by atoms with Crippen LogP contribution in [0.1, 0.15) is 33.1 Å². The topological polar surface area (TPSA) is 35.5 Å². The number of carbonyl (C=O) groups is 1. The molecule has 3 nitrogen and oxygen atoms in total. The van der Waals surface area contributed by atoms with Gasteiger partial charge in [-0.1, -0.05) is 19.9 Å². The number of methoxy groups -OCH3 is 2. The van der Waals surface area contributed by atoms with E-state index in [9.17, 15) is 4.79 Å². The second-order valence-electron chi connectivity index (χ2n) is 2.81. The average Bonchev–Trinajstić information content (AvgIpc) is 2.25. The summed E-state index contributed by atoms with van der Waals surface area (Å²) in [4.78, 5) is 10.5. The Balaban J connectivity index is 0. The van der Waals surface area contributed by atoms with Crippen LogP contribution in [-0.4, -0.2) is 26.3 Å². The third-order valence-corrected chi connectivity index (χ3v) is 1.67. The molecule has 0 bridgehead atoms. The average molecular weight is 202 g/mol. The predicted octanol–water partition coefficient (Wildman–Crippen LogP) is 2.56. The van der Waals surface area contributed by atoms with Crippen molar-refractivity contribution in [3.63, 3.8) is 0 Å². The first kappa shape index (κ1) is 15.8. The zero-order valence-corrected chi connectivity index (χ0v) is 9.71. The molecule has 0 spiro atoms. The molecule has 14 heavy (non-hydrogen) atoms. The summed E-state index contributed by atoms with van der Waals surface area (Å²) in [5.41, 5.74) is 0. The Morgan fingerprint density at radius 1 is 1.43 bits per heavy atom. The number of ketones is 1. The number of carbonyl (C=O) groups excluding carboxylic acids is 1. The van der Waals surface area contributed by atoms with Crippen LogP contribution in [0.25, 0.3) is 0 Å². The first-order valence-electron chi connectivity index (χ1n) is 4.83. The summed E-state index contributed by atoms with van der Waals surface area (Å²) in [6.45, 7) is 7.26. The van der Waals surface area contributed by atoms with Crippen molar-refractivity contribution in [2.75, 3.05) is 14.2 Å². The maximum Gasteiger partial charge on any atom is 0.155 e. The summed E-state index contributed by atoms with van der Waals surface area (Å²) in [6.07, 6.45) is 4.06. The molecule has 0 aromatic carbocycles. The van der Waals surface area contributed by atoms with Crippen LogP contribution < -0.4 is 0 Å². The predicted molar refractivity (Wildman–Crippen MR) is 58.2 cm³/mol. The summed E-state index contributed by atoms with van der Waals surface area (Å²) in [5.74, 6) is 0.159. The molecule has 0 aromatic heterocycles. The van der Waals surface area contributed by atoms with Crippen molar-refractivity contribution in [3.05, 3.63) is 12.7 Å². The highest BCUT2D eigenvalue weighted by atomic mass is 16.7. The number of rotatable bonds is 6. The van der Waals surface area contributed by atoms with Gasteiger partial charge in [0.2, 0.25) is 0 Å². The van der Waals surface area contributed by atoms with Crippen molar-refractivity contribution in [1.29, 1.82) is 0 Å². The smallest absolute Gasteiger partial charge is 0.155 e. The molecule has 0 saturated heterocycles. The van der Waals surface area contributed by atoms with Crippen molar-refractivity contribution in [2.45, 2.75) is 39.4 Å². The van der Waals surface area contributed by atoms with Crippen molar-refractivity contribution < 1.29 is 14.3 Å². The summed E-state index contributed by atoms with van der Waals surface area (Å²) < 4.78 is 9.35. The molecule has 0 radical (unpaired) electrons. The Labute approximate surface area is 87.1 Å². The Morgan fingerprint density at radius 2 is 1.93 bits per heavy atom. The second-order valence-corrected chi connectivity index (χ2v) is 2.81. The first-order valence-corrected chi connectivity index (χ1v) is 4.83. The lowest BCUT2D eigenvalue weighted by Crippen LogP contribution is -2.05. The number of hydrogen-bond donors (Lipinski definition) is 0. The molecule has 84 valence electrons. The first-order chi connectivity index (χ1) is 6.62. The zero-order chi connectivity index (χ0) is 11.4. The van der Waals surface area contributed by atoms with Gasteiger partial charge in [-0.15, -0.1) is 0 Å². The third kappa shape index (κ3) is 13.9. The third-order valence-electron chi connectivity index (χ3n) is 1.67. The van der Waals surface area contributed by atoms with Gasteiger partial charge in [-0.05, 0) is 19.4 Å². The van der Waals surface area contributed by atoms with Crippen LogP contribution in [-0.2, 0) is 14.3 Å². The Bertz CT molecular complexity index is 139. The van der Waals surface area contributed by atoms with Gasteiger partial charge in [0.15, 0.2) is 12.1 Å². The van der Waals surface area contributed by atoms with Gasteiger partial charge in [0.05, 0.1) is 0 Å². The Morgan fingerprint density at radius 3 is 2.14 bits per heavy atom. The lowest BCUT2D eigenvalue weighted by molar-refractivity contribution is -0.114. The molecule has 0 heterocycles. The Hall–Kier alpha value is -0.670. The molecule has 0 amide bonds. The van der Waals surface area contributed by atoms with Crippen LogP contribution in [0.2, 0.25) is 0 Å². The van der Waals surface area contributed by atoms with Crippen LogP contribution in [0.15, 0.2) is 12.7 Å². The summed E-state index contributed by atoms with van der Waals surface area (Å²) in [6, 6.07) is 0. The van der Waals surface area contributed by atoms with Crippen LogP contribution in [0.4, 0.5) is 0 Å². The van der Waals surface area contributed by atoms with Crippen LogP contribution >= 0.6 is 0 Å². The molecule has 0 saturated carbocycles. The van der Waals surface area contributed by atoms with Crippen molar-refractivity contribution in [3.8, 4) is 0 Å². The standard InChI is InChI=1S/C7H12O.C4H10O2/c1-3-5-6-7(8)4-2;1-4(5-2)6-3/h4H,2-3,5-6H2,1H3;4H,1-3H3. The fraction of sp³-hybridized carbons (Fsp3) is 0.727. The number of unbranched alkanes of at least 4 members (excludes halogenated alkanes) is 1. The normalized spacial score (nSPS) is 9.21. The van der Waals surface area contributed by atoms with Gasteiger partial charge in [-0.25, -0.2) is 0 Å². The van der Waals surface area contributed by atoms with Gasteiger partial charge in [-0.2, -0.15) is 0 Å². The molecule has 0 aromatic rings. The van der Waals surface area contributed by atoms with Crippen LogP contribution in [0.3, 0.4) is 0 Å². The van der Waals surface area contributed by atoms with Gasteiger partial charge < -0.3 is 9.47 Å². The van der Waals surface area contributed by atoms with E-state index in [4.69, 9.17) is 0 Å². The van der Waals surface area contributed by atoms with E-state index in [2.05, 4.69) is 23.0 Å². The highest BCUT2D eigenvalue weighted by molar-refractivity contribution is 5.88. The summed E-state index contributed by atoms with van der Waals surface area (Å²) >= 11 is 0.